The highest BCUT2D eigenvalue weighted by Crippen LogP contribution is 2.52. The van der Waals surface area contributed by atoms with Crippen molar-refractivity contribution in [2.24, 2.45) is 17.3 Å². The first-order valence-electron chi connectivity index (χ1n) is 6.73. The third-order valence-electron chi connectivity index (χ3n) is 4.57. The van der Waals surface area contributed by atoms with Gasteiger partial charge < -0.3 is 10.1 Å². The highest BCUT2D eigenvalue weighted by Gasteiger charge is 2.52. The topological polar surface area (TPSA) is 55.4 Å². The van der Waals surface area contributed by atoms with Gasteiger partial charge in [-0.05, 0) is 44.4 Å². The summed E-state index contributed by atoms with van der Waals surface area (Å²) in [5.41, 5.74) is -0.458. The number of carbonyl (C=O) groups is 2. The molecule has 2 saturated carbocycles. The van der Waals surface area contributed by atoms with Crippen molar-refractivity contribution in [3.05, 3.63) is 12.2 Å². The Hall–Kier alpha value is -1.32. The van der Waals surface area contributed by atoms with Crippen molar-refractivity contribution in [2.45, 2.75) is 38.6 Å². The van der Waals surface area contributed by atoms with E-state index < -0.39 is 5.41 Å². The van der Waals surface area contributed by atoms with E-state index in [0.717, 1.165) is 25.7 Å². The molecule has 0 unspecified atom stereocenters. The number of rotatable bonds is 4. The number of nitrogens with one attached hydrogen (secondary N) is 1. The summed E-state index contributed by atoms with van der Waals surface area (Å²) in [6, 6.07) is 0.297. The summed E-state index contributed by atoms with van der Waals surface area (Å²) in [5.74, 6) is 0.904. The maximum Gasteiger partial charge on any atom is 0.407 e. The van der Waals surface area contributed by atoms with Gasteiger partial charge in [-0.2, -0.15) is 0 Å². The van der Waals surface area contributed by atoms with Crippen molar-refractivity contribution in [3.63, 3.8) is 0 Å². The average Bonchev–Trinajstić information content (AvgIpc) is 2.91. The molecule has 0 heterocycles. The largest absolute Gasteiger partial charge is 0.448 e. The molecule has 18 heavy (non-hydrogen) atoms. The Morgan fingerprint density at radius 3 is 2.67 bits per heavy atom. The zero-order valence-electron chi connectivity index (χ0n) is 10.6. The van der Waals surface area contributed by atoms with Crippen LogP contribution in [-0.2, 0) is 9.53 Å². The SMILES string of the molecule is CC(=O)[C@@]1(COC(=O)NC2CC2)C[C@@H]2C=C[C@H]1C2. The molecule has 0 aromatic carbocycles. The quantitative estimate of drug-likeness (QED) is 0.776. The van der Waals surface area contributed by atoms with E-state index in [4.69, 9.17) is 4.74 Å². The van der Waals surface area contributed by atoms with Crippen LogP contribution in [0.5, 0.6) is 0 Å². The number of ketones is 1. The number of allylic oxidation sites excluding steroid dienone is 2. The molecule has 4 heteroatoms. The minimum Gasteiger partial charge on any atom is -0.448 e. The predicted octanol–water partition coefficient (Wildman–Crippen LogP) is 2.05. The molecule has 0 aliphatic heterocycles. The summed E-state index contributed by atoms with van der Waals surface area (Å²) in [6.07, 6.45) is 7.90. The van der Waals surface area contributed by atoms with Gasteiger partial charge in [-0.3, -0.25) is 4.79 Å². The lowest BCUT2D eigenvalue weighted by Gasteiger charge is -2.32. The smallest absolute Gasteiger partial charge is 0.407 e. The second-order valence-corrected chi connectivity index (χ2v) is 5.90. The molecule has 1 amide bonds. The van der Waals surface area contributed by atoms with E-state index >= 15 is 0 Å². The summed E-state index contributed by atoms with van der Waals surface area (Å²) in [6.45, 7) is 1.85. The number of amides is 1. The van der Waals surface area contributed by atoms with E-state index in [-0.39, 0.29) is 24.4 Å². The van der Waals surface area contributed by atoms with E-state index in [9.17, 15) is 9.59 Å². The van der Waals surface area contributed by atoms with Gasteiger partial charge in [0, 0.05) is 6.04 Å². The summed E-state index contributed by atoms with van der Waals surface area (Å²) >= 11 is 0. The van der Waals surface area contributed by atoms with Gasteiger partial charge >= 0.3 is 6.09 Å². The maximum absolute atomic E-state index is 12.0. The van der Waals surface area contributed by atoms with Gasteiger partial charge in [0.25, 0.3) is 0 Å². The molecular weight excluding hydrogens is 230 g/mol. The zero-order chi connectivity index (χ0) is 12.8. The molecule has 0 aromatic rings. The summed E-state index contributed by atoms with van der Waals surface area (Å²) in [5, 5.41) is 2.79. The third kappa shape index (κ3) is 1.93. The number of hydrogen-bond donors (Lipinski definition) is 1. The Kier molecular flexibility index (Phi) is 2.68. The lowest BCUT2D eigenvalue weighted by atomic mass is 9.73. The minimum atomic E-state index is -0.458. The van der Waals surface area contributed by atoms with E-state index in [0.29, 0.717) is 12.0 Å². The Bertz CT molecular complexity index is 413. The summed E-state index contributed by atoms with van der Waals surface area (Å²) in [4.78, 5) is 23.5. The molecule has 0 radical (unpaired) electrons. The van der Waals surface area contributed by atoms with Crippen molar-refractivity contribution in [1.29, 1.82) is 0 Å². The second-order valence-electron chi connectivity index (χ2n) is 5.90. The molecule has 2 fully saturated rings. The van der Waals surface area contributed by atoms with Crippen LogP contribution in [0.25, 0.3) is 0 Å². The summed E-state index contributed by atoms with van der Waals surface area (Å²) in [7, 11) is 0. The third-order valence-corrected chi connectivity index (χ3v) is 4.57. The number of fused-ring (bicyclic) bond motifs is 2. The van der Waals surface area contributed by atoms with Gasteiger partial charge in [0.15, 0.2) is 0 Å². The summed E-state index contributed by atoms with van der Waals surface area (Å²) < 4.78 is 5.29. The second kappa shape index (κ2) is 4.11. The molecule has 0 aromatic heterocycles. The van der Waals surface area contributed by atoms with Crippen molar-refractivity contribution in [3.8, 4) is 0 Å². The van der Waals surface area contributed by atoms with Crippen LogP contribution in [0.1, 0.15) is 32.6 Å². The number of carbonyl (C=O) groups excluding carboxylic acids is 2. The first-order chi connectivity index (χ1) is 8.60. The fourth-order valence-electron chi connectivity index (χ4n) is 3.26. The van der Waals surface area contributed by atoms with Gasteiger partial charge in [0.05, 0.1) is 5.41 Å². The number of Topliss-reactive ketones (excluding diaryl/α,β-unsaturated/α-hetero) is 1. The van der Waals surface area contributed by atoms with Crippen LogP contribution >= 0.6 is 0 Å². The lowest BCUT2D eigenvalue weighted by Crippen LogP contribution is -2.40. The standard InChI is InChI=1S/C14H19NO3/c1-9(16)14(7-10-2-3-11(14)6-10)8-18-13(17)15-12-4-5-12/h2-3,10-12H,4-8H2,1H3,(H,15,17)/t10-,11+,14+/m1/s1. The van der Waals surface area contributed by atoms with Crippen LogP contribution in [0, 0.1) is 17.3 Å². The lowest BCUT2D eigenvalue weighted by molar-refractivity contribution is -0.130. The van der Waals surface area contributed by atoms with Gasteiger partial charge in [-0.25, -0.2) is 4.79 Å². The molecule has 3 aliphatic rings. The predicted molar refractivity (Wildman–Crippen MR) is 66.0 cm³/mol. The van der Waals surface area contributed by atoms with E-state index in [1.807, 2.05) is 0 Å². The van der Waals surface area contributed by atoms with Crippen LogP contribution < -0.4 is 5.32 Å². The van der Waals surface area contributed by atoms with Crippen LogP contribution in [-0.4, -0.2) is 24.5 Å². The van der Waals surface area contributed by atoms with Crippen molar-refractivity contribution in [2.75, 3.05) is 6.61 Å². The Labute approximate surface area is 107 Å². The van der Waals surface area contributed by atoms with Crippen molar-refractivity contribution in [1.82, 2.24) is 5.32 Å². The molecule has 3 aliphatic carbocycles. The molecule has 3 rings (SSSR count). The number of alkyl carbamates (subject to hydrolysis) is 1. The Morgan fingerprint density at radius 2 is 2.17 bits per heavy atom. The van der Waals surface area contributed by atoms with Crippen molar-refractivity contribution < 1.29 is 14.3 Å². The zero-order valence-corrected chi connectivity index (χ0v) is 10.6. The Morgan fingerprint density at radius 1 is 1.39 bits per heavy atom. The number of ether oxygens (including phenoxy) is 1. The molecule has 0 spiro atoms. The highest BCUT2D eigenvalue weighted by molar-refractivity contribution is 5.84. The van der Waals surface area contributed by atoms with Crippen LogP contribution in [0.15, 0.2) is 12.2 Å². The maximum atomic E-state index is 12.0. The Balaban J connectivity index is 1.62. The van der Waals surface area contributed by atoms with E-state index in [1.165, 1.54) is 0 Å². The van der Waals surface area contributed by atoms with Crippen molar-refractivity contribution >= 4 is 11.9 Å². The monoisotopic (exact) mass is 249 g/mol. The van der Waals surface area contributed by atoms with Gasteiger partial charge in [0.2, 0.25) is 0 Å². The molecule has 2 bridgehead atoms. The first-order valence-corrected chi connectivity index (χ1v) is 6.73. The van der Waals surface area contributed by atoms with Crippen LogP contribution in [0.2, 0.25) is 0 Å². The fraction of sp³-hybridized carbons (Fsp3) is 0.714. The molecular formula is C14H19NO3. The van der Waals surface area contributed by atoms with E-state index in [1.54, 1.807) is 6.92 Å². The normalized spacial score (nSPS) is 36.7. The van der Waals surface area contributed by atoms with Gasteiger partial charge in [-0.1, -0.05) is 12.2 Å². The van der Waals surface area contributed by atoms with E-state index in [2.05, 4.69) is 17.5 Å². The van der Waals surface area contributed by atoms with Crippen LogP contribution in [0.4, 0.5) is 4.79 Å². The van der Waals surface area contributed by atoms with Gasteiger partial charge in [0.1, 0.15) is 12.4 Å². The molecule has 98 valence electrons. The van der Waals surface area contributed by atoms with Gasteiger partial charge in [-0.15, -0.1) is 0 Å². The average molecular weight is 249 g/mol. The first kappa shape index (κ1) is 11.8. The van der Waals surface area contributed by atoms with Crippen LogP contribution in [0.3, 0.4) is 0 Å². The molecule has 4 nitrogen and oxygen atoms in total. The molecule has 3 atom stereocenters. The minimum absolute atomic E-state index is 0.151. The highest BCUT2D eigenvalue weighted by atomic mass is 16.5. The number of hydrogen-bond acceptors (Lipinski definition) is 3. The fourth-order valence-corrected chi connectivity index (χ4v) is 3.26. The molecule has 0 saturated heterocycles. The molecule has 1 N–H and O–H groups in total.